The number of nitrogens with two attached hydrogens (primary N) is 1. The summed E-state index contributed by atoms with van der Waals surface area (Å²) in [5.74, 6) is 0.666. The van der Waals surface area contributed by atoms with Crippen LogP contribution in [0.3, 0.4) is 0 Å². The lowest BCUT2D eigenvalue weighted by atomic mass is 10.0. The first-order valence-corrected chi connectivity index (χ1v) is 5.59. The van der Waals surface area contributed by atoms with Crippen LogP contribution in [-0.2, 0) is 9.47 Å². The van der Waals surface area contributed by atoms with Crippen molar-refractivity contribution in [1.29, 1.82) is 0 Å². The Morgan fingerprint density at radius 1 is 1.40 bits per heavy atom. The average molecular weight is 215 g/mol. The Labute approximate surface area is 93.6 Å². The summed E-state index contributed by atoms with van der Waals surface area (Å²) in [4.78, 5) is 0. The molecule has 0 rings (SSSR count). The van der Waals surface area contributed by atoms with E-state index in [1.165, 1.54) is 0 Å². The summed E-state index contributed by atoms with van der Waals surface area (Å²) >= 11 is 0. The van der Waals surface area contributed by atoms with Crippen LogP contribution in [0.1, 0.15) is 33.6 Å². The predicted octanol–water partition coefficient (Wildman–Crippen LogP) is 2.32. The van der Waals surface area contributed by atoms with Gasteiger partial charge in [-0.05, 0) is 19.3 Å². The summed E-state index contributed by atoms with van der Waals surface area (Å²) in [6.45, 7) is 11.8. The molecule has 0 aliphatic carbocycles. The summed E-state index contributed by atoms with van der Waals surface area (Å²) in [7, 11) is 0. The van der Waals surface area contributed by atoms with Crippen LogP contribution in [0, 0.1) is 5.92 Å². The molecule has 0 heterocycles. The van der Waals surface area contributed by atoms with Gasteiger partial charge in [-0.25, -0.2) is 0 Å². The van der Waals surface area contributed by atoms with Crippen LogP contribution in [-0.4, -0.2) is 25.5 Å². The van der Waals surface area contributed by atoms with Gasteiger partial charge in [0.05, 0.1) is 18.9 Å². The van der Waals surface area contributed by atoms with E-state index in [0.29, 0.717) is 12.5 Å². The summed E-state index contributed by atoms with van der Waals surface area (Å²) in [5.41, 5.74) is 4.96. The molecule has 0 aromatic heterocycles. The van der Waals surface area contributed by atoms with Gasteiger partial charge in [-0.15, -0.1) is 6.58 Å². The van der Waals surface area contributed by atoms with E-state index in [4.69, 9.17) is 15.2 Å². The molecule has 3 heteroatoms. The third-order valence-corrected chi connectivity index (χ3v) is 2.42. The fourth-order valence-corrected chi connectivity index (χ4v) is 1.12. The Morgan fingerprint density at radius 3 is 2.53 bits per heavy atom. The van der Waals surface area contributed by atoms with Crippen molar-refractivity contribution in [3.05, 3.63) is 12.7 Å². The molecule has 15 heavy (non-hydrogen) atoms. The lowest BCUT2D eigenvalue weighted by Gasteiger charge is -2.26. The average Bonchev–Trinajstić information content (AvgIpc) is 2.18. The molecule has 90 valence electrons. The van der Waals surface area contributed by atoms with Crippen LogP contribution < -0.4 is 5.73 Å². The summed E-state index contributed by atoms with van der Waals surface area (Å²) in [6, 6.07) is 0. The highest BCUT2D eigenvalue weighted by molar-refractivity contribution is 4.93. The van der Waals surface area contributed by atoms with E-state index >= 15 is 0 Å². The molecule has 1 atom stereocenters. The van der Waals surface area contributed by atoms with Crippen LogP contribution in [0.25, 0.3) is 0 Å². The molecule has 2 N–H and O–H groups in total. The Kier molecular flexibility index (Phi) is 7.65. The molecule has 0 amide bonds. The van der Waals surface area contributed by atoms with Crippen LogP contribution in [0.15, 0.2) is 12.7 Å². The molecular formula is C12H25NO2. The first-order chi connectivity index (χ1) is 7.04. The van der Waals surface area contributed by atoms with Crippen molar-refractivity contribution >= 4 is 0 Å². The smallest absolute Gasteiger partial charge is 0.0940 e. The van der Waals surface area contributed by atoms with E-state index in [1.807, 2.05) is 13.0 Å². The van der Waals surface area contributed by atoms with E-state index in [0.717, 1.165) is 19.4 Å². The van der Waals surface area contributed by atoms with Crippen molar-refractivity contribution in [2.24, 2.45) is 11.7 Å². The molecule has 0 fully saturated rings. The van der Waals surface area contributed by atoms with Crippen molar-refractivity contribution in [3.63, 3.8) is 0 Å². The number of rotatable bonds is 9. The predicted molar refractivity (Wildman–Crippen MR) is 63.6 cm³/mol. The Morgan fingerprint density at radius 2 is 2.07 bits per heavy atom. The van der Waals surface area contributed by atoms with Crippen LogP contribution in [0.2, 0.25) is 0 Å². The van der Waals surface area contributed by atoms with E-state index in [9.17, 15) is 0 Å². The van der Waals surface area contributed by atoms with Gasteiger partial charge in [0.2, 0.25) is 0 Å². The van der Waals surface area contributed by atoms with Crippen molar-refractivity contribution < 1.29 is 9.47 Å². The molecule has 0 aromatic rings. The molecule has 0 radical (unpaired) electrons. The summed E-state index contributed by atoms with van der Waals surface area (Å²) in [6.07, 6.45) is 3.71. The normalized spacial score (nSPS) is 15.3. The molecule has 0 saturated carbocycles. The molecule has 0 saturated heterocycles. The largest absolute Gasteiger partial charge is 0.371 e. The van der Waals surface area contributed by atoms with Gasteiger partial charge in [-0.3, -0.25) is 0 Å². The van der Waals surface area contributed by atoms with E-state index < -0.39 is 0 Å². The molecule has 0 aliphatic rings. The topological polar surface area (TPSA) is 44.5 Å². The standard InChI is InChI=1S/C12H25NO2/c1-5-12(4,7-9-14-10-13)15-8-6-11(2)3/h5,11H,1,6-10,13H2,2-4H3. The van der Waals surface area contributed by atoms with Crippen LogP contribution in [0.5, 0.6) is 0 Å². The lowest BCUT2D eigenvalue weighted by Crippen LogP contribution is -2.29. The number of ether oxygens (including phenoxy) is 2. The first kappa shape index (κ1) is 14.6. The molecule has 0 aromatic carbocycles. The second-order valence-electron chi connectivity index (χ2n) is 4.37. The van der Waals surface area contributed by atoms with Gasteiger partial charge in [-0.1, -0.05) is 19.9 Å². The highest BCUT2D eigenvalue weighted by atomic mass is 16.5. The summed E-state index contributed by atoms with van der Waals surface area (Å²) in [5, 5.41) is 0. The number of hydrogen-bond donors (Lipinski definition) is 1. The molecule has 0 spiro atoms. The minimum absolute atomic E-state index is 0.263. The van der Waals surface area contributed by atoms with Crippen molar-refractivity contribution in [3.8, 4) is 0 Å². The van der Waals surface area contributed by atoms with Gasteiger partial charge in [-0.2, -0.15) is 0 Å². The fraction of sp³-hybridized carbons (Fsp3) is 0.833. The monoisotopic (exact) mass is 215 g/mol. The number of hydrogen-bond acceptors (Lipinski definition) is 3. The van der Waals surface area contributed by atoms with Gasteiger partial charge in [0.1, 0.15) is 0 Å². The molecule has 3 nitrogen and oxygen atoms in total. The molecule has 0 bridgehead atoms. The molecule has 0 aliphatic heterocycles. The van der Waals surface area contributed by atoms with Crippen molar-refractivity contribution in [2.45, 2.75) is 39.2 Å². The van der Waals surface area contributed by atoms with Gasteiger partial charge in [0, 0.05) is 13.0 Å². The second kappa shape index (κ2) is 7.85. The third-order valence-electron chi connectivity index (χ3n) is 2.42. The zero-order valence-corrected chi connectivity index (χ0v) is 10.3. The Bertz CT molecular complexity index is 171. The van der Waals surface area contributed by atoms with Gasteiger partial charge < -0.3 is 15.2 Å². The van der Waals surface area contributed by atoms with Crippen LogP contribution in [0.4, 0.5) is 0 Å². The maximum atomic E-state index is 5.80. The summed E-state index contributed by atoms with van der Waals surface area (Å²) < 4.78 is 10.9. The Balaban J connectivity index is 3.80. The van der Waals surface area contributed by atoms with E-state index in [2.05, 4.69) is 20.4 Å². The second-order valence-corrected chi connectivity index (χ2v) is 4.37. The minimum Gasteiger partial charge on any atom is -0.371 e. The molecular weight excluding hydrogens is 190 g/mol. The lowest BCUT2D eigenvalue weighted by molar-refractivity contribution is -0.0234. The van der Waals surface area contributed by atoms with E-state index in [1.54, 1.807) is 0 Å². The maximum Gasteiger partial charge on any atom is 0.0940 e. The SMILES string of the molecule is C=CC(C)(CCOCN)OCCC(C)C. The zero-order chi connectivity index (χ0) is 11.7. The van der Waals surface area contributed by atoms with Gasteiger partial charge >= 0.3 is 0 Å². The van der Waals surface area contributed by atoms with Crippen LogP contribution >= 0.6 is 0 Å². The van der Waals surface area contributed by atoms with E-state index in [-0.39, 0.29) is 12.3 Å². The highest BCUT2D eigenvalue weighted by Crippen LogP contribution is 2.18. The zero-order valence-electron chi connectivity index (χ0n) is 10.3. The Hall–Kier alpha value is -0.380. The maximum absolute atomic E-state index is 5.80. The van der Waals surface area contributed by atoms with Crippen molar-refractivity contribution in [1.82, 2.24) is 0 Å². The quantitative estimate of drug-likeness (QED) is 0.365. The van der Waals surface area contributed by atoms with Gasteiger partial charge in [0.25, 0.3) is 0 Å². The fourth-order valence-electron chi connectivity index (χ4n) is 1.12. The highest BCUT2D eigenvalue weighted by Gasteiger charge is 2.20. The van der Waals surface area contributed by atoms with Gasteiger partial charge in [0.15, 0.2) is 0 Å². The first-order valence-electron chi connectivity index (χ1n) is 5.59. The van der Waals surface area contributed by atoms with Crippen molar-refractivity contribution in [2.75, 3.05) is 19.9 Å². The third kappa shape index (κ3) is 7.54. The molecule has 1 unspecified atom stereocenters. The minimum atomic E-state index is -0.288.